The molecule has 178 valence electrons. The summed E-state index contributed by atoms with van der Waals surface area (Å²) in [5, 5.41) is 2.66. The lowest BCUT2D eigenvalue weighted by Crippen LogP contribution is -2.34. The Morgan fingerprint density at radius 1 is 1.27 bits per heavy atom. The standard InChI is InChI=1S/C21H22F3N3O5S/c1-12(28)32-18(30)9-15-10-25-20(33-15)26-19(31)16(8-13-4-2-3-5-13)27-11-14(21(22,23)24)6-7-17(27)29/h6-7,10-11,13,16H,2-5,8-9H2,1H3,(H,25,26,31). The third-order valence-electron chi connectivity index (χ3n) is 5.30. The molecule has 2 heterocycles. The number of nitrogens with one attached hydrogen (secondary N) is 1. The van der Waals surface area contributed by atoms with E-state index in [0.717, 1.165) is 54.6 Å². The lowest BCUT2D eigenvalue weighted by atomic mass is 9.97. The first-order valence-electron chi connectivity index (χ1n) is 10.3. The van der Waals surface area contributed by atoms with Crippen molar-refractivity contribution < 1.29 is 32.3 Å². The van der Waals surface area contributed by atoms with E-state index in [1.807, 2.05) is 0 Å². The second-order valence-electron chi connectivity index (χ2n) is 7.83. The quantitative estimate of drug-likeness (QED) is 0.473. The van der Waals surface area contributed by atoms with Gasteiger partial charge in [0.2, 0.25) is 5.91 Å². The summed E-state index contributed by atoms with van der Waals surface area (Å²) in [5.74, 6) is -2.09. The number of alkyl halides is 3. The van der Waals surface area contributed by atoms with Crippen LogP contribution in [0.3, 0.4) is 0 Å². The molecule has 0 aromatic carbocycles. The van der Waals surface area contributed by atoms with Crippen molar-refractivity contribution in [3.8, 4) is 0 Å². The maximum absolute atomic E-state index is 13.2. The molecule has 1 unspecified atom stereocenters. The summed E-state index contributed by atoms with van der Waals surface area (Å²) < 4.78 is 44.9. The first kappa shape index (κ1) is 24.6. The first-order chi connectivity index (χ1) is 15.5. The van der Waals surface area contributed by atoms with Crippen LogP contribution in [0.2, 0.25) is 0 Å². The maximum atomic E-state index is 13.2. The molecule has 1 fully saturated rings. The predicted molar refractivity (Wildman–Crippen MR) is 113 cm³/mol. The van der Waals surface area contributed by atoms with E-state index < -0.39 is 41.2 Å². The van der Waals surface area contributed by atoms with Gasteiger partial charge in [0.15, 0.2) is 5.13 Å². The number of carbonyl (C=O) groups is 3. The van der Waals surface area contributed by atoms with E-state index in [1.165, 1.54) is 6.20 Å². The van der Waals surface area contributed by atoms with Crippen molar-refractivity contribution in [2.24, 2.45) is 5.92 Å². The van der Waals surface area contributed by atoms with E-state index in [4.69, 9.17) is 0 Å². The number of anilines is 1. The highest BCUT2D eigenvalue weighted by atomic mass is 32.1. The van der Waals surface area contributed by atoms with E-state index in [0.29, 0.717) is 17.1 Å². The third kappa shape index (κ3) is 6.73. The minimum atomic E-state index is -4.66. The summed E-state index contributed by atoms with van der Waals surface area (Å²) in [6, 6.07) is 0.342. The normalized spacial score (nSPS) is 15.3. The van der Waals surface area contributed by atoms with Gasteiger partial charge < -0.3 is 14.6 Å². The van der Waals surface area contributed by atoms with E-state index in [9.17, 15) is 32.3 Å². The Bertz CT molecular complexity index is 1090. The molecule has 1 N–H and O–H groups in total. The number of esters is 2. The molecular weight excluding hydrogens is 463 g/mol. The summed E-state index contributed by atoms with van der Waals surface area (Å²) in [6.45, 7) is 1.09. The molecule has 8 nitrogen and oxygen atoms in total. The van der Waals surface area contributed by atoms with Gasteiger partial charge in [-0.2, -0.15) is 13.2 Å². The molecule has 1 amide bonds. The molecule has 33 heavy (non-hydrogen) atoms. The maximum Gasteiger partial charge on any atom is 0.417 e. The molecule has 1 saturated carbocycles. The molecule has 2 aromatic rings. The number of ether oxygens (including phenoxy) is 1. The average molecular weight is 485 g/mol. The average Bonchev–Trinajstić information content (AvgIpc) is 3.37. The number of thiazole rings is 1. The Labute approximate surface area is 190 Å². The lowest BCUT2D eigenvalue weighted by Gasteiger charge is -2.23. The molecular formula is C21H22F3N3O5S. The number of nitrogens with zero attached hydrogens (tertiary/aromatic N) is 2. The fourth-order valence-electron chi connectivity index (χ4n) is 3.80. The van der Waals surface area contributed by atoms with Gasteiger partial charge in [-0.3, -0.25) is 19.2 Å². The van der Waals surface area contributed by atoms with Crippen LogP contribution in [0.15, 0.2) is 29.3 Å². The molecule has 1 atom stereocenters. The summed E-state index contributed by atoms with van der Waals surface area (Å²) in [7, 11) is 0. The monoisotopic (exact) mass is 485 g/mol. The van der Waals surface area contributed by atoms with Crippen LogP contribution in [0.5, 0.6) is 0 Å². The van der Waals surface area contributed by atoms with Crippen LogP contribution >= 0.6 is 11.3 Å². The second kappa shape index (κ2) is 10.3. The molecule has 0 bridgehead atoms. The third-order valence-corrected chi connectivity index (χ3v) is 6.21. The van der Waals surface area contributed by atoms with Crippen LogP contribution in [0.1, 0.15) is 55.5 Å². The molecule has 1 aliphatic carbocycles. The van der Waals surface area contributed by atoms with E-state index in [1.54, 1.807) is 0 Å². The fourth-order valence-corrected chi connectivity index (χ4v) is 4.60. The Balaban J connectivity index is 1.82. The van der Waals surface area contributed by atoms with Crippen LogP contribution < -0.4 is 10.9 Å². The van der Waals surface area contributed by atoms with Gasteiger partial charge >= 0.3 is 18.1 Å². The van der Waals surface area contributed by atoms with Crippen molar-refractivity contribution in [3.63, 3.8) is 0 Å². The van der Waals surface area contributed by atoms with Crippen molar-refractivity contribution in [1.29, 1.82) is 0 Å². The number of hydrogen-bond donors (Lipinski definition) is 1. The zero-order valence-corrected chi connectivity index (χ0v) is 18.5. The van der Waals surface area contributed by atoms with Crippen molar-refractivity contribution >= 4 is 34.3 Å². The highest BCUT2D eigenvalue weighted by molar-refractivity contribution is 7.15. The van der Waals surface area contributed by atoms with Gasteiger partial charge in [0.1, 0.15) is 6.04 Å². The molecule has 0 radical (unpaired) electrons. The second-order valence-corrected chi connectivity index (χ2v) is 8.94. The largest absolute Gasteiger partial charge is 0.417 e. The Morgan fingerprint density at radius 2 is 1.97 bits per heavy atom. The number of rotatable bonds is 7. The molecule has 3 rings (SSSR count). The van der Waals surface area contributed by atoms with E-state index in [2.05, 4.69) is 15.0 Å². The molecule has 2 aromatic heterocycles. The number of halogens is 3. The smallest absolute Gasteiger partial charge is 0.393 e. The van der Waals surface area contributed by atoms with Gasteiger partial charge in [-0.25, -0.2) is 4.98 Å². The number of hydrogen-bond acceptors (Lipinski definition) is 7. The molecule has 0 aliphatic heterocycles. The Kier molecular flexibility index (Phi) is 7.67. The Hall–Kier alpha value is -3.02. The number of aromatic nitrogens is 2. The highest BCUT2D eigenvalue weighted by Crippen LogP contribution is 2.34. The SMILES string of the molecule is CC(=O)OC(=O)Cc1cnc(NC(=O)C(CC2CCCC2)n2cc(C(F)(F)F)ccc2=O)s1. The zero-order chi connectivity index (χ0) is 24.2. The fraction of sp³-hybridized carbons (Fsp3) is 0.476. The molecule has 0 spiro atoms. The summed E-state index contributed by atoms with van der Waals surface area (Å²) in [5.41, 5.74) is -1.74. The minimum absolute atomic E-state index is 0.107. The summed E-state index contributed by atoms with van der Waals surface area (Å²) >= 11 is 0.961. The van der Waals surface area contributed by atoms with Gasteiger partial charge in [-0.05, 0) is 18.4 Å². The molecule has 1 aliphatic rings. The van der Waals surface area contributed by atoms with Gasteiger partial charge in [-0.1, -0.05) is 25.7 Å². The van der Waals surface area contributed by atoms with Gasteiger partial charge in [0.25, 0.3) is 5.56 Å². The highest BCUT2D eigenvalue weighted by Gasteiger charge is 2.34. The van der Waals surface area contributed by atoms with Crippen molar-refractivity contribution in [2.75, 3.05) is 5.32 Å². The summed E-state index contributed by atoms with van der Waals surface area (Å²) in [4.78, 5) is 52.4. The van der Waals surface area contributed by atoms with Crippen LogP contribution in [0, 0.1) is 5.92 Å². The van der Waals surface area contributed by atoms with Crippen molar-refractivity contribution in [1.82, 2.24) is 9.55 Å². The summed E-state index contributed by atoms with van der Waals surface area (Å²) in [6.07, 6.45) is 0.904. The van der Waals surface area contributed by atoms with Crippen LogP contribution in [0.4, 0.5) is 18.3 Å². The van der Waals surface area contributed by atoms with E-state index >= 15 is 0 Å². The van der Waals surface area contributed by atoms with Crippen LogP contribution in [-0.2, 0) is 31.7 Å². The number of pyridine rings is 1. The van der Waals surface area contributed by atoms with Crippen molar-refractivity contribution in [2.45, 2.75) is 57.7 Å². The van der Waals surface area contributed by atoms with Gasteiger partial charge in [0, 0.05) is 30.3 Å². The van der Waals surface area contributed by atoms with E-state index in [-0.39, 0.29) is 23.9 Å². The van der Waals surface area contributed by atoms with Gasteiger partial charge in [0.05, 0.1) is 12.0 Å². The van der Waals surface area contributed by atoms with Crippen LogP contribution in [-0.4, -0.2) is 27.4 Å². The number of carbonyl (C=O) groups excluding carboxylic acids is 3. The van der Waals surface area contributed by atoms with Crippen molar-refractivity contribution in [3.05, 3.63) is 45.3 Å². The molecule has 12 heteroatoms. The first-order valence-corrected chi connectivity index (χ1v) is 11.1. The Morgan fingerprint density at radius 3 is 2.61 bits per heavy atom. The minimum Gasteiger partial charge on any atom is -0.393 e. The lowest BCUT2D eigenvalue weighted by molar-refractivity contribution is -0.157. The molecule has 0 saturated heterocycles. The van der Waals surface area contributed by atoms with Gasteiger partial charge in [-0.15, -0.1) is 11.3 Å². The number of amides is 1. The van der Waals surface area contributed by atoms with Crippen LogP contribution in [0.25, 0.3) is 0 Å². The predicted octanol–water partition coefficient (Wildman–Crippen LogP) is 3.72. The topological polar surface area (TPSA) is 107 Å². The zero-order valence-electron chi connectivity index (χ0n) is 17.7.